The predicted octanol–water partition coefficient (Wildman–Crippen LogP) is 0.689. The molecule has 0 unspecified atom stereocenters. The fourth-order valence-electron chi connectivity index (χ4n) is 2.10. The van der Waals surface area contributed by atoms with Crippen LogP contribution in [0.3, 0.4) is 0 Å². The van der Waals surface area contributed by atoms with Crippen molar-refractivity contribution in [2.45, 2.75) is 19.3 Å². The summed E-state index contributed by atoms with van der Waals surface area (Å²) in [5.74, 6) is -0.0408. The van der Waals surface area contributed by atoms with Crippen LogP contribution in [0.25, 0.3) is 0 Å². The lowest BCUT2D eigenvalue weighted by atomic mass is 10.3. The van der Waals surface area contributed by atoms with E-state index in [0.717, 1.165) is 4.57 Å². The molecule has 0 aromatic carbocycles. The van der Waals surface area contributed by atoms with Gasteiger partial charge in [0.15, 0.2) is 5.82 Å². The summed E-state index contributed by atoms with van der Waals surface area (Å²) >= 11 is 0. The van der Waals surface area contributed by atoms with Crippen LogP contribution in [0.2, 0.25) is 0 Å². The van der Waals surface area contributed by atoms with Crippen LogP contribution in [0.4, 0.5) is 24.9 Å². The van der Waals surface area contributed by atoms with Gasteiger partial charge in [0, 0.05) is 19.3 Å². The summed E-state index contributed by atoms with van der Waals surface area (Å²) in [5, 5.41) is 6.82. The number of nitrogens with two attached hydrogens (primary N) is 1. The molecule has 106 valence electrons. The zero-order valence-electron chi connectivity index (χ0n) is 10.2. The first-order valence-corrected chi connectivity index (χ1v) is 5.78. The van der Waals surface area contributed by atoms with Gasteiger partial charge in [0.05, 0.1) is 6.54 Å². The molecule has 0 saturated carbocycles. The van der Waals surface area contributed by atoms with E-state index in [4.69, 9.17) is 5.73 Å². The van der Waals surface area contributed by atoms with Crippen LogP contribution in [0, 0.1) is 0 Å². The predicted molar refractivity (Wildman–Crippen MR) is 62.5 cm³/mol. The van der Waals surface area contributed by atoms with Gasteiger partial charge in [0.1, 0.15) is 5.82 Å². The molecule has 2 N–H and O–H groups in total. The number of nitrogen functional groups attached to an aromatic ring is 1. The number of alkyl halides is 3. The lowest BCUT2D eigenvalue weighted by Gasteiger charge is -2.28. The minimum atomic E-state index is -4.49. The maximum atomic E-state index is 12.7. The molecule has 2 aromatic heterocycles. The second-order valence-corrected chi connectivity index (χ2v) is 4.28. The van der Waals surface area contributed by atoms with E-state index in [0.29, 0.717) is 12.4 Å². The van der Waals surface area contributed by atoms with Crippen LogP contribution in [-0.4, -0.2) is 31.3 Å². The second-order valence-electron chi connectivity index (χ2n) is 4.28. The lowest BCUT2D eigenvalue weighted by Crippen LogP contribution is -2.35. The quantitative estimate of drug-likeness (QED) is 0.829. The summed E-state index contributed by atoms with van der Waals surface area (Å²) in [4.78, 5) is 9.59. The first-order chi connectivity index (χ1) is 9.45. The Labute approximate surface area is 111 Å². The summed E-state index contributed by atoms with van der Waals surface area (Å²) in [7, 11) is 0. The Balaban J connectivity index is 1.88. The summed E-state index contributed by atoms with van der Waals surface area (Å²) in [6.45, 7) is 0.700. The van der Waals surface area contributed by atoms with Crippen molar-refractivity contribution in [3.63, 3.8) is 0 Å². The average molecular weight is 285 g/mol. The van der Waals surface area contributed by atoms with Crippen molar-refractivity contribution in [1.82, 2.24) is 24.7 Å². The Bertz CT molecular complexity index is 636. The molecule has 3 rings (SSSR count). The van der Waals surface area contributed by atoms with Gasteiger partial charge >= 0.3 is 6.18 Å². The Kier molecular flexibility index (Phi) is 2.73. The highest BCUT2D eigenvalue weighted by atomic mass is 19.4. The number of halogens is 3. The molecule has 0 amide bonds. The molecular formula is C10H10F3N7. The fourth-order valence-corrected chi connectivity index (χ4v) is 2.10. The van der Waals surface area contributed by atoms with Gasteiger partial charge in [-0.1, -0.05) is 0 Å². The van der Waals surface area contributed by atoms with E-state index in [-0.39, 0.29) is 24.9 Å². The van der Waals surface area contributed by atoms with Crippen LogP contribution in [0.5, 0.6) is 0 Å². The van der Waals surface area contributed by atoms with E-state index < -0.39 is 12.0 Å². The minimum absolute atomic E-state index is 0.116. The first kappa shape index (κ1) is 12.6. The monoisotopic (exact) mass is 285 g/mol. The van der Waals surface area contributed by atoms with Gasteiger partial charge in [-0.25, -0.2) is 4.98 Å². The van der Waals surface area contributed by atoms with E-state index in [1.54, 1.807) is 11.0 Å². The number of nitrogens with zero attached hydrogens (tertiary/aromatic N) is 6. The number of anilines is 2. The van der Waals surface area contributed by atoms with E-state index in [1.165, 1.54) is 6.20 Å². The molecule has 2 aromatic rings. The van der Waals surface area contributed by atoms with Gasteiger partial charge in [0.2, 0.25) is 11.8 Å². The molecular weight excluding hydrogens is 275 g/mol. The molecule has 3 heterocycles. The summed E-state index contributed by atoms with van der Waals surface area (Å²) < 4.78 is 39.2. The van der Waals surface area contributed by atoms with Crippen molar-refractivity contribution in [2.24, 2.45) is 0 Å². The van der Waals surface area contributed by atoms with Crippen molar-refractivity contribution >= 4 is 11.8 Å². The normalized spacial score (nSPS) is 15.2. The van der Waals surface area contributed by atoms with Crippen molar-refractivity contribution in [2.75, 3.05) is 17.2 Å². The fraction of sp³-hybridized carbons (Fsp3) is 0.400. The van der Waals surface area contributed by atoms with Crippen molar-refractivity contribution in [1.29, 1.82) is 0 Å². The van der Waals surface area contributed by atoms with Gasteiger partial charge in [-0.2, -0.15) is 18.2 Å². The Morgan fingerprint density at radius 3 is 2.70 bits per heavy atom. The van der Waals surface area contributed by atoms with Gasteiger partial charge in [0.25, 0.3) is 0 Å². The Morgan fingerprint density at radius 2 is 2.00 bits per heavy atom. The average Bonchev–Trinajstić information content (AvgIpc) is 2.81. The van der Waals surface area contributed by atoms with E-state index in [2.05, 4.69) is 20.2 Å². The highest BCUT2D eigenvalue weighted by Crippen LogP contribution is 2.30. The maximum absolute atomic E-state index is 12.7. The third-order valence-corrected chi connectivity index (χ3v) is 2.99. The summed E-state index contributed by atoms with van der Waals surface area (Å²) in [5.41, 5.74) is 5.49. The Morgan fingerprint density at radius 1 is 1.20 bits per heavy atom. The first-order valence-electron chi connectivity index (χ1n) is 5.78. The van der Waals surface area contributed by atoms with Crippen LogP contribution in [0.1, 0.15) is 11.6 Å². The highest BCUT2D eigenvalue weighted by molar-refractivity contribution is 5.41. The summed E-state index contributed by atoms with van der Waals surface area (Å²) in [6.07, 6.45) is -3.00. The molecule has 10 heteroatoms. The second kappa shape index (κ2) is 4.32. The SMILES string of the molecule is Nc1nccc(N2CCn3c(nnc3C(F)(F)F)C2)n1. The lowest BCUT2D eigenvalue weighted by molar-refractivity contribution is -0.147. The molecule has 20 heavy (non-hydrogen) atoms. The smallest absolute Gasteiger partial charge is 0.368 e. The van der Waals surface area contributed by atoms with E-state index >= 15 is 0 Å². The molecule has 1 aliphatic heterocycles. The third-order valence-electron chi connectivity index (χ3n) is 2.99. The molecule has 0 atom stereocenters. The Hall–Kier alpha value is -2.39. The molecule has 0 fully saturated rings. The molecule has 0 spiro atoms. The standard InChI is InChI=1S/C10H10F3N7/c11-10(12,13)8-18-17-7-5-19(3-4-20(7)8)6-1-2-15-9(14)16-6/h1-2H,3-5H2,(H2,14,15,16). The number of fused-ring (bicyclic) bond motifs is 1. The van der Waals surface area contributed by atoms with Crippen molar-refractivity contribution < 1.29 is 13.2 Å². The number of hydrogen-bond donors (Lipinski definition) is 1. The van der Waals surface area contributed by atoms with Crippen molar-refractivity contribution in [3.05, 3.63) is 23.9 Å². The van der Waals surface area contributed by atoms with E-state index in [9.17, 15) is 13.2 Å². The van der Waals surface area contributed by atoms with Crippen LogP contribution in [-0.2, 0) is 19.3 Å². The zero-order chi connectivity index (χ0) is 14.3. The molecule has 1 aliphatic rings. The molecule has 0 radical (unpaired) electrons. The topological polar surface area (TPSA) is 85.8 Å². The molecule has 0 bridgehead atoms. The molecule has 7 nitrogen and oxygen atoms in total. The summed E-state index contributed by atoms with van der Waals surface area (Å²) in [6, 6.07) is 1.65. The number of aromatic nitrogens is 5. The van der Waals surface area contributed by atoms with Crippen molar-refractivity contribution in [3.8, 4) is 0 Å². The van der Waals surface area contributed by atoms with Crippen LogP contribution in [0.15, 0.2) is 12.3 Å². The minimum Gasteiger partial charge on any atom is -0.368 e. The van der Waals surface area contributed by atoms with Gasteiger partial charge in [-0.05, 0) is 6.07 Å². The van der Waals surface area contributed by atoms with Crippen LogP contribution < -0.4 is 10.6 Å². The highest BCUT2D eigenvalue weighted by Gasteiger charge is 2.39. The largest absolute Gasteiger partial charge is 0.451 e. The molecule has 0 aliphatic carbocycles. The van der Waals surface area contributed by atoms with Gasteiger partial charge in [-0.3, -0.25) is 0 Å². The van der Waals surface area contributed by atoms with E-state index in [1.807, 2.05) is 0 Å². The van der Waals surface area contributed by atoms with Crippen LogP contribution >= 0.6 is 0 Å². The third kappa shape index (κ3) is 2.12. The maximum Gasteiger partial charge on any atom is 0.451 e. The zero-order valence-corrected chi connectivity index (χ0v) is 10.2. The number of rotatable bonds is 1. The molecule has 0 saturated heterocycles. The van der Waals surface area contributed by atoms with Gasteiger partial charge < -0.3 is 15.2 Å². The van der Waals surface area contributed by atoms with Gasteiger partial charge in [-0.15, -0.1) is 10.2 Å². The number of hydrogen-bond acceptors (Lipinski definition) is 6.